The van der Waals surface area contributed by atoms with Gasteiger partial charge in [-0.15, -0.1) is 0 Å². The van der Waals surface area contributed by atoms with E-state index in [9.17, 15) is 9.59 Å². The Bertz CT molecular complexity index is 390. The van der Waals surface area contributed by atoms with Crippen LogP contribution in [0.15, 0.2) is 22.3 Å². The van der Waals surface area contributed by atoms with Crippen molar-refractivity contribution >= 4 is 11.9 Å². The first-order valence-corrected chi connectivity index (χ1v) is 4.83. The number of rotatable bonds is 2. The van der Waals surface area contributed by atoms with E-state index < -0.39 is 11.9 Å². The summed E-state index contributed by atoms with van der Waals surface area (Å²) in [4.78, 5) is 22.0. The second kappa shape index (κ2) is 2.95. The summed E-state index contributed by atoms with van der Waals surface area (Å²) < 4.78 is 0. The van der Waals surface area contributed by atoms with Crippen LogP contribution in [-0.4, -0.2) is 22.2 Å². The third kappa shape index (κ3) is 1.14. The Morgan fingerprint density at radius 2 is 1.33 bits per heavy atom. The van der Waals surface area contributed by atoms with Crippen molar-refractivity contribution in [3.8, 4) is 0 Å². The fraction of sp³-hybridized carbons (Fsp3) is 0.455. The first-order valence-electron chi connectivity index (χ1n) is 4.83. The molecule has 2 atom stereocenters. The number of allylic oxidation sites excluding steroid dienone is 2. The largest absolute Gasteiger partial charge is 0.478 e. The van der Waals surface area contributed by atoms with Crippen molar-refractivity contribution in [2.24, 2.45) is 11.8 Å². The van der Waals surface area contributed by atoms with Gasteiger partial charge < -0.3 is 10.2 Å². The van der Waals surface area contributed by atoms with Gasteiger partial charge in [0.2, 0.25) is 0 Å². The van der Waals surface area contributed by atoms with Crippen LogP contribution in [0.4, 0.5) is 0 Å². The second-order valence-corrected chi connectivity index (χ2v) is 4.14. The number of fused-ring (bicyclic) bond motifs is 2. The molecule has 0 aliphatic heterocycles. The van der Waals surface area contributed by atoms with Crippen molar-refractivity contribution in [2.45, 2.75) is 20.3 Å². The van der Waals surface area contributed by atoms with Gasteiger partial charge in [0.25, 0.3) is 0 Å². The molecule has 0 aromatic carbocycles. The van der Waals surface area contributed by atoms with E-state index in [2.05, 4.69) is 0 Å². The number of aliphatic carboxylic acids is 2. The lowest BCUT2D eigenvalue weighted by Crippen LogP contribution is -2.18. The summed E-state index contributed by atoms with van der Waals surface area (Å²) in [5.74, 6) is -2.55. The van der Waals surface area contributed by atoms with Crippen molar-refractivity contribution < 1.29 is 19.8 Å². The van der Waals surface area contributed by atoms with E-state index >= 15 is 0 Å². The van der Waals surface area contributed by atoms with Gasteiger partial charge in [-0.1, -0.05) is 11.1 Å². The topological polar surface area (TPSA) is 74.6 Å². The molecule has 2 aliphatic rings. The van der Waals surface area contributed by atoms with E-state index in [0.29, 0.717) is 6.42 Å². The first kappa shape index (κ1) is 9.96. The summed E-state index contributed by atoms with van der Waals surface area (Å²) in [5, 5.41) is 18.0. The zero-order valence-corrected chi connectivity index (χ0v) is 8.57. The predicted molar refractivity (Wildman–Crippen MR) is 52.3 cm³/mol. The fourth-order valence-corrected chi connectivity index (χ4v) is 2.71. The lowest BCUT2D eigenvalue weighted by molar-refractivity contribution is -0.136. The van der Waals surface area contributed by atoms with E-state index in [1.54, 1.807) is 0 Å². The van der Waals surface area contributed by atoms with Crippen LogP contribution < -0.4 is 0 Å². The van der Waals surface area contributed by atoms with Crippen LogP contribution in [0.1, 0.15) is 20.3 Å². The average molecular weight is 208 g/mol. The average Bonchev–Trinajstić information content (AvgIpc) is 2.64. The van der Waals surface area contributed by atoms with Gasteiger partial charge in [-0.2, -0.15) is 0 Å². The molecule has 4 nitrogen and oxygen atoms in total. The summed E-state index contributed by atoms with van der Waals surface area (Å²) in [5.41, 5.74) is 2.25. The zero-order valence-electron chi connectivity index (χ0n) is 8.57. The summed E-state index contributed by atoms with van der Waals surface area (Å²) in [7, 11) is 0. The smallest absolute Gasteiger partial charge is 0.332 e. The zero-order chi connectivity index (χ0) is 11.3. The van der Waals surface area contributed by atoms with Gasteiger partial charge in [-0.3, -0.25) is 0 Å². The molecule has 0 aromatic rings. The Balaban J connectivity index is 2.55. The first-order chi connectivity index (χ1) is 6.95. The van der Waals surface area contributed by atoms with Crippen molar-refractivity contribution in [2.75, 3.05) is 0 Å². The Morgan fingerprint density at radius 1 is 1.00 bits per heavy atom. The highest BCUT2D eigenvalue weighted by atomic mass is 16.4. The highest BCUT2D eigenvalue weighted by Crippen LogP contribution is 2.51. The molecule has 0 radical (unpaired) electrons. The van der Waals surface area contributed by atoms with E-state index in [1.165, 1.54) is 0 Å². The predicted octanol–water partition coefficient (Wildman–Crippen LogP) is 1.44. The lowest BCUT2D eigenvalue weighted by Gasteiger charge is -2.17. The molecular formula is C11H12O4. The molecule has 0 amide bonds. The summed E-state index contributed by atoms with van der Waals surface area (Å²) in [6.45, 7) is 3.78. The number of carboxylic acids is 2. The van der Waals surface area contributed by atoms with Crippen LogP contribution in [0.5, 0.6) is 0 Å². The fourth-order valence-electron chi connectivity index (χ4n) is 2.71. The second-order valence-electron chi connectivity index (χ2n) is 4.14. The highest BCUT2D eigenvalue weighted by molar-refractivity contribution is 6.02. The van der Waals surface area contributed by atoms with Crippen LogP contribution in [0.3, 0.4) is 0 Å². The minimum absolute atomic E-state index is 0.0931. The Morgan fingerprint density at radius 3 is 1.60 bits per heavy atom. The van der Waals surface area contributed by atoms with Crippen molar-refractivity contribution in [1.82, 2.24) is 0 Å². The normalized spacial score (nSPS) is 28.9. The van der Waals surface area contributed by atoms with Crippen LogP contribution >= 0.6 is 0 Å². The van der Waals surface area contributed by atoms with Crippen LogP contribution in [0.2, 0.25) is 0 Å². The van der Waals surface area contributed by atoms with Gasteiger partial charge in [-0.05, 0) is 20.3 Å². The maximum atomic E-state index is 11.0. The van der Waals surface area contributed by atoms with Gasteiger partial charge >= 0.3 is 11.9 Å². The van der Waals surface area contributed by atoms with Crippen LogP contribution in [-0.2, 0) is 9.59 Å². The molecule has 0 heterocycles. The Labute approximate surface area is 86.9 Å². The van der Waals surface area contributed by atoms with Crippen molar-refractivity contribution in [3.63, 3.8) is 0 Å². The minimum atomic E-state index is -1.09. The Kier molecular flexibility index (Phi) is 1.96. The third-order valence-electron chi connectivity index (χ3n) is 3.59. The quantitative estimate of drug-likeness (QED) is 0.673. The van der Waals surface area contributed by atoms with E-state index in [0.717, 1.165) is 11.1 Å². The maximum Gasteiger partial charge on any atom is 0.332 e. The molecular weight excluding hydrogens is 196 g/mol. The van der Waals surface area contributed by atoms with Gasteiger partial charge in [0, 0.05) is 11.8 Å². The van der Waals surface area contributed by atoms with Gasteiger partial charge in [0.1, 0.15) is 0 Å². The van der Waals surface area contributed by atoms with Crippen molar-refractivity contribution in [3.05, 3.63) is 22.3 Å². The van der Waals surface area contributed by atoms with E-state index in [1.807, 2.05) is 13.8 Å². The van der Waals surface area contributed by atoms with Gasteiger partial charge in [0.05, 0.1) is 11.1 Å². The molecule has 2 rings (SSSR count). The summed E-state index contributed by atoms with van der Waals surface area (Å²) in [6.07, 6.45) is 0.626. The third-order valence-corrected chi connectivity index (χ3v) is 3.59. The van der Waals surface area contributed by atoms with Gasteiger partial charge in [0.15, 0.2) is 0 Å². The number of carboxylic acid groups (broad SMARTS) is 2. The molecule has 0 spiro atoms. The molecule has 0 fully saturated rings. The van der Waals surface area contributed by atoms with Crippen LogP contribution in [0, 0.1) is 11.8 Å². The molecule has 0 aromatic heterocycles. The number of hydrogen-bond donors (Lipinski definition) is 2. The molecule has 80 valence electrons. The molecule has 0 saturated heterocycles. The Hall–Kier alpha value is -1.58. The van der Waals surface area contributed by atoms with E-state index in [-0.39, 0.29) is 23.0 Å². The van der Waals surface area contributed by atoms with Crippen molar-refractivity contribution in [1.29, 1.82) is 0 Å². The molecule has 2 unspecified atom stereocenters. The molecule has 0 saturated carbocycles. The number of carbonyl (C=O) groups is 2. The maximum absolute atomic E-state index is 11.0. The highest BCUT2D eigenvalue weighted by Gasteiger charge is 2.47. The standard InChI is InChI=1S/C11H12O4/c1-4-5(2)7-3-6(4)8(10(12)13)9(7)11(14)15/h6-7H,3H2,1-2H3,(H,12,13)(H,14,15). The molecule has 4 heteroatoms. The molecule has 2 N–H and O–H groups in total. The number of hydrogen-bond acceptors (Lipinski definition) is 2. The monoisotopic (exact) mass is 208 g/mol. The lowest BCUT2D eigenvalue weighted by atomic mass is 9.87. The molecule has 2 aliphatic carbocycles. The minimum Gasteiger partial charge on any atom is -0.478 e. The summed E-state index contributed by atoms with van der Waals surface area (Å²) >= 11 is 0. The van der Waals surface area contributed by atoms with E-state index in [4.69, 9.17) is 10.2 Å². The summed E-state index contributed by atoms with van der Waals surface area (Å²) in [6, 6.07) is 0. The molecule has 15 heavy (non-hydrogen) atoms. The molecule has 2 bridgehead atoms. The SMILES string of the molecule is CC1=C(C)C2CC1C(C(=O)O)=C2C(=O)O. The van der Waals surface area contributed by atoms with Crippen LogP contribution in [0.25, 0.3) is 0 Å². The van der Waals surface area contributed by atoms with Gasteiger partial charge in [-0.25, -0.2) is 9.59 Å².